The van der Waals surface area contributed by atoms with Crippen LogP contribution in [0.15, 0.2) is 103 Å². The summed E-state index contributed by atoms with van der Waals surface area (Å²) in [6.07, 6.45) is 2.04. The average Bonchev–Trinajstić information content (AvgIpc) is 2.89. The van der Waals surface area contributed by atoms with Crippen LogP contribution in [0.25, 0.3) is 44.6 Å². The molecule has 2 nitrogen and oxygen atoms in total. The minimum atomic E-state index is -0.0113. The number of rotatable bonds is 2. The predicted molar refractivity (Wildman–Crippen MR) is 153 cm³/mol. The van der Waals surface area contributed by atoms with Crippen LogP contribution in [0.2, 0.25) is 0 Å². The zero-order chi connectivity index (χ0) is 24.9. The lowest BCUT2D eigenvalue weighted by Gasteiger charge is -2.25. The molecule has 0 radical (unpaired) electrons. The highest BCUT2D eigenvalue weighted by atomic mass is 14.9. The third kappa shape index (κ3) is 3.79. The van der Waals surface area contributed by atoms with E-state index in [0.29, 0.717) is 0 Å². The fraction of sp³-hybridized carbons (Fsp3) is 0.147. The van der Waals surface area contributed by atoms with Crippen LogP contribution in [-0.2, 0) is 5.41 Å². The van der Waals surface area contributed by atoms with Gasteiger partial charge in [0.05, 0.1) is 5.69 Å². The number of anilines is 2. The summed E-state index contributed by atoms with van der Waals surface area (Å²) in [4.78, 5) is 4.96. The lowest BCUT2D eigenvalue weighted by molar-refractivity contribution is 0.591. The van der Waals surface area contributed by atoms with Gasteiger partial charge in [0, 0.05) is 39.8 Å². The van der Waals surface area contributed by atoms with Crippen molar-refractivity contribution in [1.29, 1.82) is 0 Å². The molecular formula is C34H30N2. The van der Waals surface area contributed by atoms with E-state index < -0.39 is 0 Å². The van der Waals surface area contributed by atoms with Crippen LogP contribution >= 0.6 is 0 Å². The molecule has 4 aromatic carbocycles. The van der Waals surface area contributed by atoms with Gasteiger partial charge in [-0.2, -0.15) is 0 Å². The molecule has 0 unspecified atom stereocenters. The van der Waals surface area contributed by atoms with Gasteiger partial charge in [0.1, 0.15) is 0 Å². The van der Waals surface area contributed by atoms with Crippen molar-refractivity contribution in [3.05, 3.63) is 114 Å². The summed E-state index contributed by atoms with van der Waals surface area (Å²) in [5.41, 5.74) is 14.3. The van der Waals surface area contributed by atoms with Crippen molar-refractivity contribution >= 4 is 11.4 Å². The molecule has 2 bridgehead atoms. The molecule has 1 aromatic heterocycles. The number of hydrogen-bond donors (Lipinski definition) is 1. The first kappa shape index (κ1) is 22.3. The van der Waals surface area contributed by atoms with E-state index in [0.717, 1.165) is 22.6 Å². The second-order valence-electron chi connectivity index (χ2n) is 10.6. The van der Waals surface area contributed by atoms with E-state index in [-0.39, 0.29) is 5.41 Å². The van der Waals surface area contributed by atoms with Crippen molar-refractivity contribution < 1.29 is 0 Å². The van der Waals surface area contributed by atoms with E-state index in [1.807, 2.05) is 6.20 Å². The van der Waals surface area contributed by atoms with Crippen LogP contribution in [0.4, 0.5) is 11.4 Å². The normalized spacial score (nSPS) is 12.1. The van der Waals surface area contributed by atoms with Gasteiger partial charge in [0.25, 0.3) is 0 Å². The Labute approximate surface area is 213 Å². The number of hydrogen-bond acceptors (Lipinski definition) is 2. The van der Waals surface area contributed by atoms with Gasteiger partial charge in [-0.25, -0.2) is 0 Å². The molecule has 1 aliphatic heterocycles. The Morgan fingerprint density at radius 3 is 2.03 bits per heavy atom. The van der Waals surface area contributed by atoms with Crippen molar-refractivity contribution in [3.63, 3.8) is 0 Å². The topological polar surface area (TPSA) is 24.9 Å². The van der Waals surface area contributed by atoms with Crippen LogP contribution in [0.1, 0.15) is 31.9 Å². The summed E-state index contributed by atoms with van der Waals surface area (Å²) in [5, 5.41) is 3.71. The molecular weight excluding hydrogens is 436 g/mol. The molecule has 0 aliphatic carbocycles. The van der Waals surface area contributed by atoms with E-state index in [4.69, 9.17) is 4.98 Å². The molecule has 1 aliphatic rings. The van der Waals surface area contributed by atoms with E-state index in [1.54, 1.807) is 0 Å². The molecule has 0 fully saturated rings. The monoisotopic (exact) mass is 466 g/mol. The van der Waals surface area contributed by atoms with Crippen LogP contribution < -0.4 is 5.32 Å². The van der Waals surface area contributed by atoms with Gasteiger partial charge in [0.2, 0.25) is 0 Å². The summed E-state index contributed by atoms with van der Waals surface area (Å²) < 4.78 is 0. The molecule has 0 saturated heterocycles. The third-order valence-electron chi connectivity index (χ3n) is 7.22. The molecule has 176 valence electrons. The zero-order valence-corrected chi connectivity index (χ0v) is 21.3. The molecule has 2 heteroatoms. The lowest BCUT2D eigenvalue weighted by Crippen LogP contribution is -2.13. The predicted octanol–water partition coefficient (Wildman–Crippen LogP) is 9.41. The maximum Gasteiger partial charge on any atom is 0.0705 e. The number of para-hydroxylation sites is 1. The number of nitrogens with one attached hydrogen (secondary N) is 1. The Morgan fingerprint density at radius 1 is 0.583 bits per heavy atom. The average molecular weight is 467 g/mol. The lowest BCUT2D eigenvalue weighted by atomic mass is 9.81. The minimum Gasteiger partial charge on any atom is -0.355 e. The van der Waals surface area contributed by atoms with E-state index in [1.165, 1.54) is 44.5 Å². The summed E-state index contributed by atoms with van der Waals surface area (Å²) >= 11 is 0. The number of benzene rings is 4. The number of nitrogens with zero attached hydrogens (tertiary/aromatic N) is 1. The molecule has 0 amide bonds. The highest BCUT2D eigenvalue weighted by Crippen LogP contribution is 2.44. The maximum absolute atomic E-state index is 4.96. The van der Waals surface area contributed by atoms with Crippen molar-refractivity contribution in [1.82, 2.24) is 4.98 Å². The number of fused-ring (bicyclic) bond motifs is 6. The maximum atomic E-state index is 4.96. The molecule has 0 saturated carbocycles. The molecule has 0 atom stereocenters. The Hall–Kier alpha value is -4.17. The summed E-state index contributed by atoms with van der Waals surface area (Å²) in [6.45, 7) is 9.05. The minimum absolute atomic E-state index is 0.0113. The van der Waals surface area contributed by atoms with E-state index in [9.17, 15) is 0 Å². The van der Waals surface area contributed by atoms with Crippen molar-refractivity contribution in [2.75, 3.05) is 5.32 Å². The fourth-order valence-electron chi connectivity index (χ4n) is 5.31. The van der Waals surface area contributed by atoms with Gasteiger partial charge in [-0.3, -0.25) is 4.98 Å². The third-order valence-corrected chi connectivity index (χ3v) is 7.22. The first-order valence-corrected chi connectivity index (χ1v) is 12.6. The van der Waals surface area contributed by atoms with Crippen LogP contribution in [-0.4, -0.2) is 4.98 Å². The van der Waals surface area contributed by atoms with Crippen LogP contribution in [0, 0.1) is 6.92 Å². The second kappa shape index (κ2) is 8.49. The standard InChI is InChI=1S/C34H30N2/c1-22-25-14-10-15-26(22)28-19-24(17-18-32(28)36-31-16-9-8-13-27(25)31)33-20-30(34(2,3)4)29(21-35-33)23-11-6-5-7-12-23/h5-21,36H,1-4H3. The Kier molecular flexibility index (Phi) is 5.26. The first-order chi connectivity index (χ1) is 17.4. The van der Waals surface area contributed by atoms with Crippen molar-refractivity contribution in [2.24, 2.45) is 0 Å². The largest absolute Gasteiger partial charge is 0.355 e. The van der Waals surface area contributed by atoms with Gasteiger partial charge in [-0.05, 0) is 64.4 Å². The number of aromatic nitrogens is 1. The van der Waals surface area contributed by atoms with Gasteiger partial charge in [-0.1, -0.05) is 93.6 Å². The van der Waals surface area contributed by atoms with Crippen molar-refractivity contribution in [3.8, 4) is 44.6 Å². The van der Waals surface area contributed by atoms with Gasteiger partial charge < -0.3 is 5.32 Å². The van der Waals surface area contributed by atoms with Crippen molar-refractivity contribution in [2.45, 2.75) is 33.1 Å². The number of pyridine rings is 1. The Balaban J connectivity index is 1.52. The van der Waals surface area contributed by atoms with E-state index in [2.05, 4.69) is 130 Å². The molecule has 1 N–H and O–H groups in total. The molecule has 36 heavy (non-hydrogen) atoms. The molecule has 0 spiro atoms. The highest BCUT2D eigenvalue weighted by molar-refractivity contribution is 5.95. The van der Waals surface area contributed by atoms with E-state index >= 15 is 0 Å². The zero-order valence-electron chi connectivity index (χ0n) is 21.3. The Bertz CT molecular complexity index is 1590. The first-order valence-electron chi connectivity index (χ1n) is 12.6. The van der Waals surface area contributed by atoms with Gasteiger partial charge in [-0.15, -0.1) is 0 Å². The molecule has 2 heterocycles. The summed E-state index contributed by atoms with van der Waals surface area (Å²) in [7, 11) is 0. The second-order valence-corrected chi connectivity index (χ2v) is 10.6. The molecule has 5 aromatic rings. The summed E-state index contributed by atoms with van der Waals surface area (Å²) in [5.74, 6) is 0. The summed E-state index contributed by atoms with van der Waals surface area (Å²) in [6, 6.07) is 34.7. The SMILES string of the molecule is Cc1c2cccc1-c1cc(-c3cc(C(C)(C)C)c(-c4ccccc4)cn3)ccc1Nc1ccccc1-2. The van der Waals surface area contributed by atoms with Gasteiger partial charge in [0.15, 0.2) is 0 Å². The smallest absolute Gasteiger partial charge is 0.0705 e. The van der Waals surface area contributed by atoms with Crippen LogP contribution in [0.5, 0.6) is 0 Å². The van der Waals surface area contributed by atoms with Gasteiger partial charge >= 0.3 is 0 Å². The quantitative estimate of drug-likeness (QED) is 0.275. The fourth-order valence-corrected chi connectivity index (χ4v) is 5.31. The molecule has 6 rings (SSSR count). The van der Waals surface area contributed by atoms with Crippen LogP contribution in [0.3, 0.4) is 0 Å². The highest BCUT2D eigenvalue weighted by Gasteiger charge is 2.22. The Morgan fingerprint density at radius 2 is 1.25 bits per heavy atom.